The summed E-state index contributed by atoms with van der Waals surface area (Å²) in [5.41, 5.74) is 1.65. The third-order valence-corrected chi connectivity index (χ3v) is 4.13. The SMILES string of the molecule is [B]c1c(C)nc(C2CCC(C)O2)n(Cc2ccccc2)c1=O. The highest BCUT2D eigenvalue weighted by Gasteiger charge is 2.28. The van der Waals surface area contributed by atoms with E-state index in [4.69, 9.17) is 12.6 Å². The molecule has 0 spiro atoms. The molecule has 3 rings (SSSR count). The van der Waals surface area contributed by atoms with Crippen LogP contribution in [0.1, 0.15) is 43.0 Å². The molecule has 0 N–H and O–H groups in total. The summed E-state index contributed by atoms with van der Waals surface area (Å²) in [6.45, 7) is 4.27. The van der Waals surface area contributed by atoms with Gasteiger partial charge in [-0.1, -0.05) is 30.3 Å². The summed E-state index contributed by atoms with van der Waals surface area (Å²) in [6, 6.07) is 9.85. The van der Waals surface area contributed by atoms with Crippen molar-refractivity contribution >= 4 is 13.3 Å². The standard InChI is InChI=1S/C17H19BN2O2/c1-11-8-9-14(22-11)16-19-12(2)15(18)17(21)20(16)10-13-6-4-3-5-7-13/h3-7,11,14H,8-10H2,1-2H3. The number of aryl methyl sites for hydroxylation is 1. The van der Waals surface area contributed by atoms with Crippen LogP contribution in [0.5, 0.6) is 0 Å². The number of benzene rings is 1. The van der Waals surface area contributed by atoms with E-state index in [9.17, 15) is 4.79 Å². The van der Waals surface area contributed by atoms with Gasteiger partial charge in [-0.05, 0) is 37.7 Å². The zero-order chi connectivity index (χ0) is 15.7. The van der Waals surface area contributed by atoms with Gasteiger partial charge in [-0.2, -0.15) is 0 Å². The molecular formula is C17H19BN2O2. The lowest BCUT2D eigenvalue weighted by molar-refractivity contribution is 0.0473. The minimum atomic E-state index is -0.186. The smallest absolute Gasteiger partial charge is 0.246 e. The van der Waals surface area contributed by atoms with E-state index in [0.29, 0.717) is 18.1 Å². The predicted octanol–water partition coefficient (Wildman–Crippen LogP) is 1.63. The summed E-state index contributed by atoms with van der Waals surface area (Å²) in [5, 5.41) is 0. The van der Waals surface area contributed by atoms with Gasteiger partial charge < -0.3 is 4.74 Å². The van der Waals surface area contributed by atoms with Crippen LogP contribution in [0.4, 0.5) is 0 Å². The van der Waals surface area contributed by atoms with Crippen molar-refractivity contribution in [2.45, 2.75) is 45.4 Å². The van der Waals surface area contributed by atoms with Gasteiger partial charge in [0.05, 0.1) is 12.6 Å². The lowest BCUT2D eigenvalue weighted by Gasteiger charge is -2.19. The Bertz CT molecular complexity index is 727. The average molecular weight is 294 g/mol. The fourth-order valence-electron chi connectivity index (χ4n) is 2.85. The second kappa shape index (κ2) is 6.09. The van der Waals surface area contributed by atoms with E-state index >= 15 is 0 Å². The third kappa shape index (κ3) is 2.86. The molecule has 5 heteroatoms. The van der Waals surface area contributed by atoms with Gasteiger partial charge in [0.25, 0.3) is 0 Å². The predicted molar refractivity (Wildman–Crippen MR) is 86.7 cm³/mol. The third-order valence-electron chi connectivity index (χ3n) is 4.13. The lowest BCUT2D eigenvalue weighted by atomic mass is 9.95. The van der Waals surface area contributed by atoms with Crippen LogP contribution in [0.2, 0.25) is 0 Å². The van der Waals surface area contributed by atoms with Crippen LogP contribution >= 0.6 is 0 Å². The molecule has 1 saturated heterocycles. The summed E-state index contributed by atoms with van der Waals surface area (Å²) in [7, 11) is 5.89. The molecule has 1 aliphatic rings. The fourth-order valence-corrected chi connectivity index (χ4v) is 2.85. The molecule has 0 amide bonds. The quantitative estimate of drug-likeness (QED) is 0.808. The van der Waals surface area contributed by atoms with E-state index in [2.05, 4.69) is 4.98 Å². The monoisotopic (exact) mass is 294 g/mol. The first-order chi connectivity index (χ1) is 10.6. The van der Waals surface area contributed by atoms with Crippen LogP contribution < -0.4 is 11.0 Å². The van der Waals surface area contributed by atoms with Crippen LogP contribution in [-0.4, -0.2) is 23.5 Å². The summed E-state index contributed by atoms with van der Waals surface area (Å²) in [5.74, 6) is 0.685. The number of ether oxygens (including phenoxy) is 1. The summed E-state index contributed by atoms with van der Waals surface area (Å²) >= 11 is 0. The van der Waals surface area contributed by atoms with Crippen LogP contribution in [0, 0.1) is 6.92 Å². The van der Waals surface area contributed by atoms with Gasteiger partial charge in [0.1, 0.15) is 19.8 Å². The zero-order valence-electron chi connectivity index (χ0n) is 13.0. The molecule has 1 aliphatic heterocycles. The molecule has 0 saturated carbocycles. The summed E-state index contributed by atoms with van der Waals surface area (Å²) in [4.78, 5) is 17.2. The van der Waals surface area contributed by atoms with Crippen molar-refractivity contribution < 1.29 is 4.74 Å². The highest BCUT2D eigenvalue weighted by Crippen LogP contribution is 2.31. The van der Waals surface area contributed by atoms with Gasteiger partial charge in [-0.15, -0.1) is 0 Å². The van der Waals surface area contributed by atoms with Crippen molar-refractivity contribution in [2.24, 2.45) is 0 Å². The van der Waals surface area contributed by atoms with E-state index in [1.807, 2.05) is 37.3 Å². The Labute approximate surface area is 131 Å². The van der Waals surface area contributed by atoms with Gasteiger partial charge in [-0.25, -0.2) is 4.98 Å². The Morgan fingerprint density at radius 2 is 2.05 bits per heavy atom. The molecule has 0 bridgehead atoms. The second-order valence-corrected chi connectivity index (χ2v) is 5.86. The van der Waals surface area contributed by atoms with Crippen LogP contribution in [0.3, 0.4) is 0 Å². The first-order valence-corrected chi connectivity index (χ1v) is 7.62. The number of aromatic nitrogens is 2. The maximum absolute atomic E-state index is 12.6. The Hall–Kier alpha value is -1.88. The molecule has 1 aromatic heterocycles. The molecule has 2 unspecified atom stereocenters. The average Bonchev–Trinajstić information content (AvgIpc) is 2.95. The molecule has 0 aliphatic carbocycles. The van der Waals surface area contributed by atoms with Gasteiger partial charge in [-0.3, -0.25) is 9.36 Å². The normalized spacial score (nSPS) is 21.2. The van der Waals surface area contributed by atoms with Crippen molar-refractivity contribution in [1.82, 2.24) is 9.55 Å². The maximum Gasteiger partial charge on any atom is 0.246 e. The van der Waals surface area contributed by atoms with Crippen molar-refractivity contribution in [3.05, 3.63) is 57.8 Å². The molecule has 1 aromatic carbocycles. The topological polar surface area (TPSA) is 44.1 Å². The molecule has 2 atom stereocenters. The van der Waals surface area contributed by atoms with E-state index < -0.39 is 0 Å². The van der Waals surface area contributed by atoms with Gasteiger partial charge in [0, 0.05) is 5.69 Å². The molecule has 1 fully saturated rings. The molecule has 4 nitrogen and oxygen atoms in total. The fraction of sp³-hybridized carbons (Fsp3) is 0.412. The summed E-state index contributed by atoms with van der Waals surface area (Å²) in [6.07, 6.45) is 1.93. The lowest BCUT2D eigenvalue weighted by Crippen LogP contribution is -2.40. The zero-order valence-corrected chi connectivity index (χ0v) is 13.0. The minimum absolute atomic E-state index is 0.134. The highest BCUT2D eigenvalue weighted by atomic mass is 16.5. The maximum atomic E-state index is 12.6. The van der Waals surface area contributed by atoms with E-state index in [1.54, 1.807) is 11.5 Å². The molecular weight excluding hydrogens is 275 g/mol. The van der Waals surface area contributed by atoms with Crippen molar-refractivity contribution in [3.63, 3.8) is 0 Å². The van der Waals surface area contributed by atoms with Crippen molar-refractivity contribution in [1.29, 1.82) is 0 Å². The van der Waals surface area contributed by atoms with Crippen molar-refractivity contribution in [2.75, 3.05) is 0 Å². The Morgan fingerprint density at radius 1 is 1.32 bits per heavy atom. The highest BCUT2D eigenvalue weighted by molar-refractivity contribution is 6.32. The van der Waals surface area contributed by atoms with Gasteiger partial charge in [0.15, 0.2) is 0 Å². The number of hydrogen-bond donors (Lipinski definition) is 0. The molecule has 2 aromatic rings. The van der Waals surface area contributed by atoms with E-state index in [-0.39, 0.29) is 23.2 Å². The number of hydrogen-bond acceptors (Lipinski definition) is 3. The minimum Gasteiger partial charge on any atom is -0.367 e. The van der Waals surface area contributed by atoms with Gasteiger partial charge in [0.2, 0.25) is 5.56 Å². The second-order valence-electron chi connectivity index (χ2n) is 5.86. The van der Waals surface area contributed by atoms with Crippen molar-refractivity contribution in [3.8, 4) is 0 Å². The first-order valence-electron chi connectivity index (χ1n) is 7.62. The Balaban J connectivity index is 2.06. The summed E-state index contributed by atoms with van der Waals surface area (Å²) < 4.78 is 7.57. The first kappa shape index (κ1) is 15.0. The molecule has 112 valence electrons. The number of rotatable bonds is 3. The van der Waals surface area contributed by atoms with E-state index in [1.165, 1.54) is 0 Å². The Morgan fingerprint density at radius 3 is 2.68 bits per heavy atom. The van der Waals surface area contributed by atoms with Crippen LogP contribution in [0.15, 0.2) is 35.1 Å². The van der Waals surface area contributed by atoms with Gasteiger partial charge >= 0.3 is 0 Å². The van der Waals surface area contributed by atoms with E-state index in [0.717, 1.165) is 18.4 Å². The molecule has 2 radical (unpaired) electrons. The van der Waals surface area contributed by atoms with Crippen LogP contribution in [0.25, 0.3) is 0 Å². The molecule has 22 heavy (non-hydrogen) atoms. The largest absolute Gasteiger partial charge is 0.367 e. The van der Waals surface area contributed by atoms with Crippen LogP contribution in [-0.2, 0) is 11.3 Å². The number of nitrogens with zero attached hydrogens (tertiary/aromatic N) is 2. The molecule has 2 heterocycles. The Kier molecular flexibility index (Phi) is 4.16.